The predicted octanol–water partition coefficient (Wildman–Crippen LogP) is 3.87. The molecule has 4 rings (SSSR count). The molecule has 1 aromatic heterocycles. The summed E-state index contributed by atoms with van der Waals surface area (Å²) in [6.45, 7) is 3.05. The van der Waals surface area contributed by atoms with Gasteiger partial charge in [0.05, 0.1) is 21.3 Å². The van der Waals surface area contributed by atoms with E-state index >= 15 is 0 Å². The molecule has 3 heterocycles. The van der Waals surface area contributed by atoms with E-state index in [9.17, 15) is 13.2 Å². The van der Waals surface area contributed by atoms with Crippen molar-refractivity contribution in [3.05, 3.63) is 57.2 Å². The number of carbonyl (C=O) groups excluding carboxylic acids is 1. The smallest absolute Gasteiger partial charge is 0.320 e. The number of anilines is 1. The second kappa shape index (κ2) is 10.5. The fraction of sp³-hybridized carbons (Fsp3) is 0.455. The summed E-state index contributed by atoms with van der Waals surface area (Å²) >= 11 is 18.3. The van der Waals surface area contributed by atoms with Gasteiger partial charge < -0.3 is 15.1 Å². The first kappa shape index (κ1) is 25.3. The molecule has 1 aromatic carbocycles. The number of sulfonamides is 1. The van der Waals surface area contributed by atoms with E-state index in [1.165, 1.54) is 10.6 Å². The van der Waals surface area contributed by atoms with Gasteiger partial charge >= 0.3 is 6.03 Å². The molecule has 1 N–H and O–H groups in total. The summed E-state index contributed by atoms with van der Waals surface area (Å²) in [5.41, 5.74) is 1.02. The molecule has 8 nitrogen and oxygen atoms in total. The third-order valence-corrected chi connectivity index (χ3v) is 8.60. The van der Waals surface area contributed by atoms with Crippen molar-refractivity contribution in [2.45, 2.75) is 5.92 Å². The van der Waals surface area contributed by atoms with Crippen molar-refractivity contribution in [3.8, 4) is 0 Å². The van der Waals surface area contributed by atoms with Crippen LogP contribution in [0.2, 0.25) is 15.1 Å². The average Bonchev–Trinajstić information content (AvgIpc) is 3.24. The number of benzene rings is 1. The number of urea groups is 1. The zero-order chi connectivity index (χ0) is 24.5. The molecule has 2 saturated heterocycles. The average molecular weight is 547 g/mol. The Morgan fingerprint density at radius 1 is 1.03 bits per heavy atom. The van der Waals surface area contributed by atoms with Crippen LogP contribution in [0.1, 0.15) is 11.5 Å². The summed E-state index contributed by atoms with van der Waals surface area (Å²) in [6, 6.07) is 9.10. The van der Waals surface area contributed by atoms with Crippen molar-refractivity contribution in [1.29, 1.82) is 0 Å². The van der Waals surface area contributed by atoms with Gasteiger partial charge in [0.1, 0.15) is 5.82 Å². The number of rotatable bonds is 5. The van der Waals surface area contributed by atoms with E-state index in [-0.39, 0.29) is 17.9 Å². The molecule has 0 spiro atoms. The minimum atomic E-state index is -3.26. The van der Waals surface area contributed by atoms with Crippen LogP contribution in [-0.2, 0) is 10.0 Å². The lowest BCUT2D eigenvalue weighted by molar-refractivity contribution is 0.141. The highest BCUT2D eigenvalue weighted by Crippen LogP contribution is 2.36. The van der Waals surface area contributed by atoms with Gasteiger partial charge in [-0.3, -0.25) is 0 Å². The van der Waals surface area contributed by atoms with Crippen LogP contribution in [0.4, 0.5) is 10.6 Å². The van der Waals surface area contributed by atoms with Crippen LogP contribution < -0.4 is 5.32 Å². The van der Waals surface area contributed by atoms with Crippen LogP contribution in [0.25, 0.3) is 0 Å². The molecular formula is C22H26Cl3N5O3S. The van der Waals surface area contributed by atoms with Gasteiger partial charge in [0.2, 0.25) is 10.0 Å². The zero-order valence-electron chi connectivity index (χ0n) is 18.6. The number of nitrogens with one attached hydrogen (secondary N) is 1. The normalized spacial score (nSPS) is 21.6. The van der Waals surface area contributed by atoms with Gasteiger partial charge in [0.25, 0.3) is 0 Å². The second-order valence-corrected chi connectivity index (χ2v) is 11.9. The van der Waals surface area contributed by atoms with E-state index in [0.29, 0.717) is 66.7 Å². The Morgan fingerprint density at radius 3 is 2.38 bits per heavy atom. The molecule has 2 aliphatic rings. The SMILES string of the molecule is CS(=O)(=O)N1CCN(C(=O)N2CC(CNc3ccc(Cl)cn3)C(c3ccc(Cl)c(Cl)c3)C2)CC1. The standard InChI is InChI=1S/C22H26Cl3N5O3S/c1-34(32,33)30-8-6-28(7-9-30)22(31)29-13-16(11-26-21-5-3-17(23)12-27-21)18(14-29)15-2-4-19(24)20(25)10-15/h2-5,10,12,16,18H,6-9,11,13-14H2,1H3,(H,26,27). The summed E-state index contributed by atoms with van der Waals surface area (Å²) < 4.78 is 25.0. The van der Waals surface area contributed by atoms with Crippen LogP contribution in [0.15, 0.2) is 36.5 Å². The second-order valence-electron chi connectivity index (χ2n) is 8.62. The lowest BCUT2D eigenvalue weighted by Crippen LogP contribution is -2.53. The quantitative estimate of drug-likeness (QED) is 0.615. The van der Waals surface area contributed by atoms with Gasteiger partial charge in [-0.2, -0.15) is 4.31 Å². The molecule has 184 valence electrons. The van der Waals surface area contributed by atoms with Gasteiger partial charge in [-0.25, -0.2) is 18.2 Å². The number of aromatic nitrogens is 1. The number of likely N-dealkylation sites (tertiary alicyclic amines) is 1. The molecule has 0 saturated carbocycles. The van der Waals surface area contributed by atoms with Crippen molar-refractivity contribution >= 4 is 56.7 Å². The van der Waals surface area contributed by atoms with Crippen LogP contribution in [0.5, 0.6) is 0 Å². The Hall–Kier alpha value is -1.78. The van der Waals surface area contributed by atoms with Gasteiger partial charge in [-0.15, -0.1) is 0 Å². The fourth-order valence-corrected chi connectivity index (χ4v) is 5.73. The number of hydrogen-bond acceptors (Lipinski definition) is 5. The van der Waals surface area contributed by atoms with E-state index < -0.39 is 10.0 Å². The van der Waals surface area contributed by atoms with Crippen molar-refractivity contribution in [2.24, 2.45) is 5.92 Å². The van der Waals surface area contributed by atoms with E-state index in [4.69, 9.17) is 34.8 Å². The number of amides is 2. The van der Waals surface area contributed by atoms with Gasteiger partial charge in [-0.1, -0.05) is 40.9 Å². The Bertz CT molecular complexity index is 1140. The number of nitrogens with zero attached hydrogens (tertiary/aromatic N) is 4. The molecule has 2 aliphatic heterocycles. The summed E-state index contributed by atoms with van der Waals surface area (Å²) in [5, 5.41) is 4.87. The van der Waals surface area contributed by atoms with Crippen molar-refractivity contribution < 1.29 is 13.2 Å². The molecule has 2 fully saturated rings. The molecule has 2 atom stereocenters. The third kappa shape index (κ3) is 5.88. The lowest BCUT2D eigenvalue weighted by atomic mass is 9.89. The molecule has 12 heteroatoms. The number of pyridine rings is 1. The van der Waals surface area contributed by atoms with E-state index in [0.717, 1.165) is 5.56 Å². The van der Waals surface area contributed by atoms with Gasteiger partial charge in [0.15, 0.2) is 0 Å². The van der Waals surface area contributed by atoms with Crippen LogP contribution in [0, 0.1) is 5.92 Å². The topological polar surface area (TPSA) is 85.9 Å². The van der Waals surface area contributed by atoms with Crippen molar-refractivity contribution in [3.63, 3.8) is 0 Å². The Labute approximate surface area is 214 Å². The maximum atomic E-state index is 13.3. The highest BCUT2D eigenvalue weighted by atomic mass is 35.5. The molecule has 2 unspecified atom stereocenters. The number of hydrogen-bond donors (Lipinski definition) is 1. The highest BCUT2D eigenvalue weighted by Gasteiger charge is 2.38. The Kier molecular flexibility index (Phi) is 7.79. The molecule has 0 bridgehead atoms. The Morgan fingerprint density at radius 2 is 1.76 bits per heavy atom. The molecule has 0 radical (unpaired) electrons. The summed E-state index contributed by atoms with van der Waals surface area (Å²) in [6.07, 6.45) is 2.78. The lowest BCUT2D eigenvalue weighted by Gasteiger charge is -2.35. The first-order chi connectivity index (χ1) is 16.1. The predicted molar refractivity (Wildman–Crippen MR) is 135 cm³/mol. The molecule has 2 amide bonds. The molecule has 0 aliphatic carbocycles. The van der Waals surface area contributed by atoms with E-state index in [1.807, 2.05) is 23.1 Å². The third-order valence-electron chi connectivity index (χ3n) is 6.33. The first-order valence-corrected chi connectivity index (χ1v) is 13.9. The summed E-state index contributed by atoms with van der Waals surface area (Å²) in [4.78, 5) is 21.2. The first-order valence-electron chi connectivity index (χ1n) is 10.9. The van der Waals surface area contributed by atoms with Crippen LogP contribution >= 0.6 is 34.8 Å². The van der Waals surface area contributed by atoms with Crippen molar-refractivity contribution in [2.75, 3.05) is 57.4 Å². The maximum Gasteiger partial charge on any atom is 0.320 e. The van der Waals surface area contributed by atoms with Gasteiger partial charge in [-0.05, 0) is 29.8 Å². The van der Waals surface area contributed by atoms with Crippen LogP contribution in [-0.4, -0.2) is 85.6 Å². The number of halogens is 3. The molecule has 2 aromatic rings. The Balaban J connectivity index is 1.48. The summed E-state index contributed by atoms with van der Waals surface area (Å²) in [5.74, 6) is 0.866. The fourth-order valence-electron chi connectivity index (χ4n) is 4.48. The minimum absolute atomic E-state index is 0.0517. The van der Waals surface area contributed by atoms with E-state index in [1.54, 1.807) is 23.2 Å². The monoisotopic (exact) mass is 545 g/mol. The minimum Gasteiger partial charge on any atom is -0.370 e. The van der Waals surface area contributed by atoms with Crippen molar-refractivity contribution in [1.82, 2.24) is 19.1 Å². The molecule has 34 heavy (non-hydrogen) atoms. The van der Waals surface area contributed by atoms with E-state index in [2.05, 4.69) is 10.3 Å². The van der Waals surface area contributed by atoms with Gasteiger partial charge in [0, 0.05) is 63.8 Å². The summed E-state index contributed by atoms with van der Waals surface area (Å²) in [7, 11) is -3.26. The number of piperazine rings is 1. The maximum absolute atomic E-state index is 13.3. The number of carbonyl (C=O) groups is 1. The molecular weight excluding hydrogens is 521 g/mol. The zero-order valence-corrected chi connectivity index (χ0v) is 21.7. The van der Waals surface area contributed by atoms with Crippen LogP contribution in [0.3, 0.4) is 0 Å². The largest absolute Gasteiger partial charge is 0.370 e. The highest BCUT2D eigenvalue weighted by molar-refractivity contribution is 7.88.